The quantitative estimate of drug-likeness (QED) is 0.883. The van der Waals surface area contributed by atoms with Crippen molar-refractivity contribution in [1.29, 1.82) is 0 Å². The maximum Gasteiger partial charge on any atom is 0.346 e. The monoisotopic (exact) mass is 310 g/mol. The fraction of sp³-hybridized carbons (Fsp3) is 0.500. The Balaban J connectivity index is 2.26. The molecule has 0 radical (unpaired) electrons. The first-order valence-corrected chi connectivity index (χ1v) is 7.32. The summed E-state index contributed by atoms with van der Waals surface area (Å²) in [5.41, 5.74) is 0.367. The fourth-order valence-corrected chi connectivity index (χ4v) is 2.83. The number of carboxylic acids is 1. The molecule has 6 nitrogen and oxygen atoms in total. The minimum atomic E-state index is -0.957. The molecule has 2 rings (SSSR count). The summed E-state index contributed by atoms with van der Waals surface area (Å²) in [7, 11) is 1.66. The number of aromatic nitrogens is 2. The number of hydrogen-bond acceptors (Lipinski definition) is 6. The normalized spacial score (nSPS) is 11.8. The molecule has 1 N–H and O–H groups in total. The van der Waals surface area contributed by atoms with Gasteiger partial charge < -0.3 is 14.6 Å². The van der Waals surface area contributed by atoms with Gasteiger partial charge in [-0.15, -0.1) is 11.3 Å². The molecule has 0 aromatic carbocycles. The first-order chi connectivity index (χ1) is 9.85. The zero-order valence-corrected chi connectivity index (χ0v) is 13.3. The second-order valence-electron chi connectivity index (χ2n) is 5.28. The molecular formula is C14H18N2O4S. The van der Waals surface area contributed by atoms with Gasteiger partial charge in [0.25, 0.3) is 0 Å². The van der Waals surface area contributed by atoms with Crippen LogP contribution in [-0.4, -0.2) is 40.4 Å². The predicted octanol–water partition coefficient (Wildman–Crippen LogP) is 2.89. The lowest BCUT2D eigenvalue weighted by Gasteiger charge is -2.22. The van der Waals surface area contributed by atoms with E-state index >= 15 is 0 Å². The van der Waals surface area contributed by atoms with Gasteiger partial charge in [0.1, 0.15) is 16.0 Å². The SMILES string of the molecule is COC(C)(C)CCOc1ncnc2sc(C(=O)O)c(C)c12. The number of carbonyl (C=O) groups is 1. The molecule has 114 valence electrons. The molecule has 21 heavy (non-hydrogen) atoms. The lowest BCUT2D eigenvalue weighted by molar-refractivity contribution is 0.00521. The Morgan fingerprint density at radius 1 is 1.43 bits per heavy atom. The summed E-state index contributed by atoms with van der Waals surface area (Å²) in [6.07, 6.45) is 2.09. The topological polar surface area (TPSA) is 81.5 Å². The number of nitrogens with zero attached hydrogens (tertiary/aromatic N) is 2. The van der Waals surface area contributed by atoms with Crippen molar-refractivity contribution in [2.75, 3.05) is 13.7 Å². The molecule has 0 spiro atoms. The first-order valence-electron chi connectivity index (χ1n) is 6.51. The number of fused-ring (bicyclic) bond motifs is 1. The Morgan fingerprint density at radius 3 is 2.76 bits per heavy atom. The van der Waals surface area contributed by atoms with E-state index in [1.807, 2.05) is 13.8 Å². The summed E-state index contributed by atoms with van der Waals surface area (Å²) in [6.45, 7) is 6.14. The highest BCUT2D eigenvalue weighted by molar-refractivity contribution is 7.20. The molecule has 2 aromatic rings. The lowest BCUT2D eigenvalue weighted by Crippen LogP contribution is -2.25. The number of methoxy groups -OCH3 is 1. The second kappa shape index (κ2) is 5.95. The number of aryl methyl sites for hydroxylation is 1. The highest BCUT2D eigenvalue weighted by Crippen LogP contribution is 2.34. The van der Waals surface area contributed by atoms with Crippen LogP contribution < -0.4 is 4.74 Å². The van der Waals surface area contributed by atoms with Crippen molar-refractivity contribution in [3.05, 3.63) is 16.8 Å². The predicted molar refractivity (Wildman–Crippen MR) is 80.3 cm³/mol. The van der Waals surface area contributed by atoms with Gasteiger partial charge in [0.2, 0.25) is 5.88 Å². The van der Waals surface area contributed by atoms with Crippen molar-refractivity contribution < 1.29 is 19.4 Å². The van der Waals surface area contributed by atoms with Crippen LogP contribution in [-0.2, 0) is 4.74 Å². The zero-order chi connectivity index (χ0) is 15.6. The molecular weight excluding hydrogens is 292 g/mol. The number of hydrogen-bond donors (Lipinski definition) is 1. The summed E-state index contributed by atoms with van der Waals surface area (Å²) in [6, 6.07) is 0. The molecule has 0 fully saturated rings. The second-order valence-corrected chi connectivity index (χ2v) is 6.28. The maximum absolute atomic E-state index is 11.2. The molecule has 0 amide bonds. The molecule has 0 saturated heterocycles. The molecule has 0 atom stereocenters. The van der Waals surface area contributed by atoms with Crippen LogP contribution in [0.1, 0.15) is 35.5 Å². The summed E-state index contributed by atoms with van der Waals surface area (Å²) < 4.78 is 11.0. The number of thiophene rings is 1. The summed E-state index contributed by atoms with van der Waals surface area (Å²) >= 11 is 1.13. The van der Waals surface area contributed by atoms with Crippen LogP contribution in [0.2, 0.25) is 0 Å². The Bertz CT molecular complexity index is 666. The van der Waals surface area contributed by atoms with Crippen molar-refractivity contribution >= 4 is 27.5 Å². The van der Waals surface area contributed by atoms with E-state index in [1.54, 1.807) is 14.0 Å². The van der Waals surface area contributed by atoms with Crippen molar-refractivity contribution in [2.24, 2.45) is 0 Å². The van der Waals surface area contributed by atoms with E-state index in [4.69, 9.17) is 9.47 Å². The third-order valence-electron chi connectivity index (χ3n) is 3.38. The summed E-state index contributed by atoms with van der Waals surface area (Å²) in [5, 5.41) is 9.85. The number of ether oxygens (including phenoxy) is 2. The van der Waals surface area contributed by atoms with Gasteiger partial charge in [-0.3, -0.25) is 0 Å². The molecule has 0 unspecified atom stereocenters. The average Bonchev–Trinajstić information content (AvgIpc) is 2.77. The van der Waals surface area contributed by atoms with E-state index in [9.17, 15) is 9.90 Å². The van der Waals surface area contributed by atoms with Crippen molar-refractivity contribution in [1.82, 2.24) is 9.97 Å². The number of aromatic carboxylic acids is 1. The standard InChI is InChI=1S/C14H18N2O4S/c1-8-9-11(20-6-5-14(2,3)19-4)15-7-16-12(9)21-10(8)13(17)18/h7H,5-6H2,1-4H3,(H,17,18). The molecule has 0 aliphatic rings. The van der Waals surface area contributed by atoms with E-state index in [1.165, 1.54) is 6.33 Å². The minimum Gasteiger partial charge on any atom is -0.477 e. The van der Waals surface area contributed by atoms with Crippen LogP contribution in [0.15, 0.2) is 6.33 Å². The molecule has 0 aliphatic heterocycles. The molecule has 2 heterocycles. The Morgan fingerprint density at radius 2 is 2.14 bits per heavy atom. The van der Waals surface area contributed by atoms with E-state index in [2.05, 4.69) is 9.97 Å². The molecule has 2 aromatic heterocycles. The van der Waals surface area contributed by atoms with Crippen LogP contribution in [0.4, 0.5) is 0 Å². The highest BCUT2D eigenvalue weighted by atomic mass is 32.1. The third-order valence-corrected chi connectivity index (χ3v) is 4.57. The molecule has 7 heteroatoms. The third kappa shape index (κ3) is 3.30. The van der Waals surface area contributed by atoms with Crippen molar-refractivity contribution in [3.63, 3.8) is 0 Å². The van der Waals surface area contributed by atoms with Gasteiger partial charge in [0.15, 0.2) is 0 Å². The van der Waals surface area contributed by atoms with Crippen molar-refractivity contribution in [2.45, 2.75) is 32.8 Å². The Hall–Kier alpha value is -1.73. The first kappa shape index (κ1) is 15.7. The van der Waals surface area contributed by atoms with Crippen LogP contribution in [0.25, 0.3) is 10.2 Å². The van der Waals surface area contributed by atoms with Gasteiger partial charge in [-0.05, 0) is 26.3 Å². The van der Waals surface area contributed by atoms with Gasteiger partial charge in [-0.2, -0.15) is 0 Å². The smallest absolute Gasteiger partial charge is 0.346 e. The number of rotatable bonds is 6. The van der Waals surface area contributed by atoms with Gasteiger partial charge in [0.05, 0.1) is 17.6 Å². The van der Waals surface area contributed by atoms with Gasteiger partial charge in [0, 0.05) is 13.5 Å². The van der Waals surface area contributed by atoms with E-state index in [-0.39, 0.29) is 10.5 Å². The fourth-order valence-electron chi connectivity index (χ4n) is 1.85. The Kier molecular flexibility index (Phi) is 4.43. The van der Waals surface area contributed by atoms with E-state index in [0.717, 1.165) is 11.3 Å². The van der Waals surface area contributed by atoms with Crippen LogP contribution in [0, 0.1) is 6.92 Å². The van der Waals surface area contributed by atoms with Gasteiger partial charge >= 0.3 is 5.97 Å². The molecule has 0 bridgehead atoms. The largest absolute Gasteiger partial charge is 0.477 e. The maximum atomic E-state index is 11.2. The number of carboxylic acid groups (broad SMARTS) is 1. The summed E-state index contributed by atoms with van der Waals surface area (Å²) in [5.74, 6) is -0.532. The van der Waals surface area contributed by atoms with Crippen LogP contribution in [0.5, 0.6) is 5.88 Å². The van der Waals surface area contributed by atoms with Crippen LogP contribution >= 0.6 is 11.3 Å². The summed E-state index contributed by atoms with van der Waals surface area (Å²) in [4.78, 5) is 20.3. The van der Waals surface area contributed by atoms with Crippen LogP contribution in [0.3, 0.4) is 0 Å². The average molecular weight is 310 g/mol. The highest BCUT2D eigenvalue weighted by Gasteiger charge is 2.20. The van der Waals surface area contributed by atoms with E-state index in [0.29, 0.717) is 34.7 Å². The molecule has 0 aliphatic carbocycles. The zero-order valence-electron chi connectivity index (χ0n) is 12.5. The van der Waals surface area contributed by atoms with E-state index < -0.39 is 5.97 Å². The van der Waals surface area contributed by atoms with Gasteiger partial charge in [-0.1, -0.05) is 0 Å². The molecule has 0 saturated carbocycles. The van der Waals surface area contributed by atoms with Crippen molar-refractivity contribution in [3.8, 4) is 5.88 Å². The minimum absolute atomic E-state index is 0.271. The Labute approximate surface area is 126 Å². The van der Waals surface area contributed by atoms with Gasteiger partial charge in [-0.25, -0.2) is 14.8 Å². The lowest BCUT2D eigenvalue weighted by atomic mass is 10.1.